The van der Waals surface area contributed by atoms with Gasteiger partial charge in [0.1, 0.15) is 5.60 Å². The lowest BCUT2D eigenvalue weighted by atomic mass is 9.92. The van der Waals surface area contributed by atoms with Gasteiger partial charge >= 0.3 is 12.3 Å². The first-order valence-corrected chi connectivity index (χ1v) is 8.38. The molecule has 8 heteroatoms. The van der Waals surface area contributed by atoms with E-state index in [4.69, 9.17) is 9.47 Å². The zero-order valence-corrected chi connectivity index (χ0v) is 14.8. The van der Waals surface area contributed by atoms with Gasteiger partial charge in [0, 0.05) is 6.20 Å². The highest BCUT2D eigenvalue weighted by Crippen LogP contribution is 2.35. The summed E-state index contributed by atoms with van der Waals surface area (Å²) in [6, 6.07) is 1.32. The van der Waals surface area contributed by atoms with Gasteiger partial charge in [0.15, 0.2) is 0 Å². The van der Waals surface area contributed by atoms with Crippen molar-refractivity contribution < 1.29 is 27.4 Å². The summed E-state index contributed by atoms with van der Waals surface area (Å²) in [7, 11) is 0. The van der Waals surface area contributed by atoms with Crippen LogP contribution in [-0.2, 0) is 15.7 Å². The van der Waals surface area contributed by atoms with E-state index in [-0.39, 0.29) is 24.4 Å². The molecule has 2 unspecified atom stereocenters. The maximum atomic E-state index is 13.0. The molecule has 3 rings (SSSR count). The van der Waals surface area contributed by atoms with Crippen molar-refractivity contribution in [1.29, 1.82) is 0 Å². The fourth-order valence-corrected chi connectivity index (χ4v) is 3.17. The highest BCUT2D eigenvalue weighted by atomic mass is 19.4. The van der Waals surface area contributed by atoms with Gasteiger partial charge in [-0.15, -0.1) is 0 Å². The Morgan fingerprint density at radius 3 is 2.65 bits per heavy atom. The van der Waals surface area contributed by atoms with E-state index in [9.17, 15) is 18.0 Å². The summed E-state index contributed by atoms with van der Waals surface area (Å²) >= 11 is 0. The molecule has 142 valence electrons. The molecule has 0 aromatic carbocycles. The van der Waals surface area contributed by atoms with Crippen LogP contribution in [0, 0.1) is 0 Å². The first kappa shape index (κ1) is 18.7. The van der Waals surface area contributed by atoms with E-state index >= 15 is 0 Å². The lowest BCUT2D eigenvalue weighted by Gasteiger charge is -2.44. The van der Waals surface area contributed by atoms with E-state index in [0.717, 1.165) is 18.3 Å². The highest BCUT2D eigenvalue weighted by molar-refractivity contribution is 5.74. The lowest BCUT2D eigenvalue weighted by Crippen LogP contribution is -2.57. The molecule has 1 aromatic heterocycles. The van der Waals surface area contributed by atoms with Crippen molar-refractivity contribution in [3.05, 3.63) is 35.7 Å². The molecule has 0 spiro atoms. The minimum atomic E-state index is -4.42. The number of hydrogen-bond acceptors (Lipinski definition) is 4. The van der Waals surface area contributed by atoms with Crippen LogP contribution in [0.15, 0.2) is 24.4 Å². The number of carbonyl (C=O) groups excluding carboxylic acids is 1. The minimum Gasteiger partial charge on any atom is -0.444 e. The molecule has 2 aliphatic heterocycles. The van der Waals surface area contributed by atoms with Crippen molar-refractivity contribution in [2.45, 2.75) is 51.1 Å². The molecular formula is C18H21F3N2O3. The number of hydrogen-bond donors (Lipinski definition) is 0. The van der Waals surface area contributed by atoms with Crippen LogP contribution in [0.1, 0.15) is 38.4 Å². The number of aromatic nitrogens is 1. The van der Waals surface area contributed by atoms with Crippen molar-refractivity contribution in [3.63, 3.8) is 0 Å². The fourth-order valence-electron chi connectivity index (χ4n) is 3.17. The van der Waals surface area contributed by atoms with Gasteiger partial charge in [-0.1, -0.05) is 6.08 Å². The molecule has 1 aromatic rings. The van der Waals surface area contributed by atoms with Crippen molar-refractivity contribution in [3.8, 4) is 0 Å². The van der Waals surface area contributed by atoms with Crippen LogP contribution in [0.4, 0.5) is 18.0 Å². The molecule has 1 fully saturated rings. The number of alkyl halides is 3. The Hall–Kier alpha value is -2.09. The number of amides is 1. The molecule has 0 N–H and O–H groups in total. The molecular weight excluding hydrogens is 349 g/mol. The number of pyridine rings is 1. The van der Waals surface area contributed by atoms with Crippen LogP contribution in [0.2, 0.25) is 0 Å². The average Bonchev–Trinajstić information content (AvgIpc) is 2.51. The van der Waals surface area contributed by atoms with E-state index in [1.54, 1.807) is 31.7 Å². The van der Waals surface area contributed by atoms with Crippen molar-refractivity contribution >= 4 is 11.7 Å². The van der Waals surface area contributed by atoms with Gasteiger partial charge in [0.2, 0.25) is 0 Å². The summed E-state index contributed by atoms with van der Waals surface area (Å²) in [5.41, 5.74) is -0.395. The fraction of sp³-hybridized carbons (Fsp3) is 0.556. The SMILES string of the molecule is CC(C)(C)OC(=O)N1C2C=C(c3cc(C(F)(F)F)ccn3)CC1COC2. The summed E-state index contributed by atoms with van der Waals surface area (Å²) in [4.78, 5) is 18.2. The highest BCUT2D eigenvalue weighted by Gasteiger charge is 2.40. The molecule has 0 aliphatic carbocycles. The molecule has 1 amide bonds. The first-order chi connectivity index (χ1) is 12.0. The largest absolute Gasteiger partial charge is 0.444 e. The predicted molar refractivity (Wildman–Crippen MR) is 88.3 cm³/mol. The van der Waals surface area contributed by atoms with Gasteiger partial charge in [-0.25, -0.2) is 4.79 Å². The molecule has 2 aliphatic rings. The van der Waals surface area contributed by atoms with Crippen LogP contribution in [-0.4, -0.2) is 46.9 Å². The summed E-state index contributed by atoms with van der Waals surface area (Å²) in [6.45, 7) is 5.95. The maximum absolute atomic E-state index is 13.0. The van der Waals surface area contributed by atoms with Crippen molar-refractivity contribution in [2.24, 2.45) is 0 Å². The second-order valence-corrected chi connectivity index (χ2v) is 7.47. The smallest absolute Gasteiger partial charge is 0.416 e. The standard InChI is InChI=1S/C18H21F3N2O3/c1-17(2,3)26-16(24)23-13-6-11(7-14(23)10-25-9-13)15-8-12(4-5-22-15)18(19,20)21/h4-6,8,13-14H,7,9-10H2,1-3H3. The lowest BCUT2D eigenvalue weighted by molar-refractivity contribution is -0.137. The minimum absolute atomic E-state index is 0.276. The van der Waals surface area contributed by atoms with Crippen LogP contribution < -0.4 is 0 Å². The Morgan fingerprint density at radius 2 is 2.04 bits per heavy atom. The second-order valence-electron chi connectivity index (χ2n) is 7.47. The third kappa shape index (κ3) is 4.00. The number of carbonyl (C=O) groups is 1. The van der Waals surface area contributed by atoms with Crippen LogP contribution in [0.5, 0.6) is 0 Å². The van der Waals surface area contributed by atoms with Gasteiger partial charge in [0.05, 0.1) is 36.6 Å². The number of rotatable bonds is 1. The summed E-state index contributed by atoms with van der Waals surface area (Å²) < 4.78 is 49.8. The predicted octanol–water partition coefficient (Wildman–Crippen LogP) is 3.89. The second kappa shape index (κ2) is 6.57. The zero-order chi connectivity index (χ0) is 19.1. The van der Waals surface area contributed by atoms with E-state index in [1.807, 2.05) is 0 Å². The summed E-state index contributed by atoms with van der Waals surface area (Å²) in [5.74, 6) is 0. The Bertz CT molecular complexity index is 725. The van der Waals surface area contributed by atoms with E-state index < -0.39 is 23.4 Å². The van der Waals surface area contributed by atoms with E-state index in [0.29, 0.717) is 18.6 Å². The van der Waals surface area contributed by atoms with Gasteiger partial charge in [-0.2, -0.15) is 13.2 Å². The van der Waals surface area contributed by atoms with Crippen molar-refractivity contribution in [2.75, 3.05) is 13.2 Å². The summed E-state index contributed by atoms with van der Waals surface area (Å²) in [6.07, 6.45) is -1.59. The van der Waals surface area contributed by atoms with E-state index in [1.165, 1.54) is 0 Å². The van der Waals surface area contributed by atoms with Gasteiger partial charge in [-0.05, 0) is 44.9 Å². The Balaban J connectivity index is 1.88. The quantitative estimate of drug-likeness (QED) is 0.753. The Labute approximate surface area is 149 Å². The molecule has 26 heavy (non-hydrogen) atoms. The van der Waals surface area contributed by atoms with Gasteiger partial charge in [-0.3, -0.25) is 9.88 Å². The molecule has 1 saturated heterocycles. The summed E-state index contributed by atoms with van der Waals surface area (Å²) in [5, 5.41) is 0. The molecule has 0 saturated carbocycles. The maximum Gasteiger partial charge on any atom is 0.416 e. The number of nitrogens with zero attached hydrogens (tertiary/aromatic N) is 2. The first-order valence-electron chi connectivity index (χ1n) is 8.38. The Morgan fingerprint density at radius 1 is 1.31 bits per heavy atom. The topological polar surface area (TPSA) is 51.7 Å². The molecule has 0 radical (unpaired) electrons. The molecule has 2 bridgehead atoms. The number of ether oxygens (including phenoxy) is 2. The zero-order valence-electron chi connectivity index (χ0n) is 14.8. The third-order valence-electron chi connectivity index (χ3n) is 4.22. The number of fused-ring (bicyclic) bond motifs is 2. The van der Waals surface area contributed by atoms with Crippen LogP contribution in [0.25, 0.3) is 5.57 Å². The average molecular weight is 370 g/mol. The monoisotopic (exact) mass is 370 g/mol. The van der Waals surface area contributed by atoms with Crippen LogP contribution >= 0.6 is 0 Å². The van der Waals surface area contributed by atoms with E-state index in [2.05, 4.69) is 4.98 Å². The molecule has 3 heterocycles. The molecule has 5 nitrogen and oxygen atoms in total. The third-order valence-corrected chi connectivity index (χ3v) is 4.22. The van der Waals surface area contributed by atoms with Crippen LogP contribution in [0.3, 0.4) is 0 Å². The normalized spacial score (nSPS) is 23.5. The number of halogens is 3. The Kier molecular flexibility index (Phi) is 4.72. The van der Waals surface area contributed by atoms with Gasteiger partial charge in [0.25, 0.3) is 0 Å². The molecule has 2 atom stereocenters. The van der Waals surface area contributed by atoms with Crippen molar-refractivity contribution in [1.82, 2.24) is 9.88 Å². The van der Waals surface area contributed by atoms with Gasteiger partial charge < -0.3 is 9.47 Å². The number of morpholine rings is 1.